The zero-order chi connectivity index (χ0) is 15.2. The number of hydrogen-bond donors (Lipinski definition) is 0. The molecule has 21 heavy (non-hydrogen) atoms. The van der Waals surface area contributed by atoms with E-state index in [2.05, 4.69) is 37.7 Å². The molecule has 2 saturated carbocycles. The van der Waals surface area contributed by atoms with E-state index in [-0.39, 0.29) is 0 Å². The molecule has 0 heterocycles. The molecule has 0 radical (unpaired) electrons. The van der Waals surface area contributed by atoms with Crippen LogP contribution in [0.25, 0.3) is 0 Å². The smallest absolute Gasteiger partial charge is 0.196 e. The number of hydrogen-bond acceptors (Lipinski definition) is 1. The molecule has 122 valence electrons. The van der Waals surface area contributed by atoms with Crippen molar-refractivity contribution in [2.24, 2.45) is 4.99 Å². The fraction of sp³-hybridized carbons (Fsp3) is 0.944. The molecule has 0 bridgehead atoms. The molecule has 0 spiro atoms. The van der Waals surface area contributed by atoms with Gasteiger partial charge in [-0.25, -0.2) is 0 Å². The lowest BCUT2D eigenvalue weighted by Crippen LogP contribution is -2.50. The molecule has 0 N–H and O–H groups in total. The van der Waals surface area contributed by atoms with E-state index in [0.29, 0.717) is 18.1 Å². The molecular weight excluding hydrogens is 258 g/mol. The second kappa shape index (κ2) is 8.05. The van der Waals surface area contributed by atoms with Crippen molar-refractivity contribution in [1.82, 2.24) is 9.80 Å². The van der Waals surface area contributed by atoms with Crippen LogP contribution in [0.2, 0.25) is 0 Å². The fourth-order valence-electron chi connectivity index (χ4n) is 3.93. The molecule has 0 saturated heterocycles. The van der Waals surface area contributed by atoms with Gasteiger partial charge in [0, 0.05) is 32.2 Å². The first kappa shape index (κ1) is 16.6. The van der Waals surface area contributed by atoms with Gasteiger partial charge in [-0.15, -0.1) is 0 Å². The van der Waals surface area contributed by atoms with Crippen molar-refractivity contribution in [2.75, 3.05) is 14.1 Å². The molecule has 3 heteroatoms. The van der Waals surface area contributed by atoms with Crippen LogP contribution in [-0.4, -0.2) is 48.0 Å². The highest BCUT2D eigenvalue weighted by atomic mass is 15.4. The maximum absolute atomic E-state index is 5.00. The average molecular weight is 293 g/mol. The van der Waals surface area contributed by atoms with Crippen molar-refractivity contribution >= 4 is 5.96 Å². The lowest BCUT2D eigenvalue weighted by molar-refractivity contribution is 0.211. The number of nitrogens with zero attached hydrogens (tertiary/aromatic N) is 3. The van der Waals surface area contributed by atoms with Gasteiger partial charge in [0.25, 0.3) is 0 Å². The summed E-state index contributed by atoms with van der Waals surface area (Å²) in [7, 11) is 4.55. The van der Waals surface area contributed by atoms with Crippen LogP contribution >= 0.6 is 0 Å². The van der Waals surface area contributed by atoms with Crippen molar-refractivity contribution in [1.29, 1.82) is 0 Å². The third-order valence-electron chi connectivity index (χ3n) is 5.25. The molecule has 2 aliphatic carbocycles. The predicted molar refractivity (Wildman–Crippen MR) is 91.8 cm³/mol. The molecule has 0 aliphatic heterocycles. The van der Waals surface area contributed by atoms with E-state index in [1.54, 1.807) is 0 Å². The second-order valence-electron chi connectivity index (χ2n) is 7.33. The summed E-state index contributed by atoms with van der Waals surface area (Å²) in [5.41, 5.74) is 0. The highest BCUT2D eigenvalue weighted by Gasteiger charge is 2.27. The zero-order valence-electron chi connectivity index (χ0n) is 14.6. The largest absolute Gasteiger partial charge is 0.343 e. The Morgan fingerprint density at radius 2 is 1.14 bits per heavy atom. The van der Waals surface area contributed by atoms with E-state index in [4.69, 9.17) is 4.99 Å². The van der Waals surface area contributed by atoms with Crippen LogP contribution in [0.3, 0.4) is 0 Å². The summed E-state index contributed by atoms with van der Waals surface area (Å²) in [5, 5.41) is 0. The SMILES string of the molecule is CC(C)N=C(N(C)C1CCCCC1)N(C)C1CCCCC1. The Labute approximate surface area is 131 Å². The Kier molecular flexibility index (Phi) is 6.38. The van der Waals surface area contributed by atoms with Crippen LogP contribution in [0.4, 0.5) is 0 Å². The Morgan fingerprint density at radius 1 is 0.762 bits per heavy atom. The minimum absolute atomic E-state index is 0.372. The van der Waals surface area contributed by atoms with Gasteiger partial charge in [-0.05, 0) is 39.5 Å². The lowest BCUT2D eigenvalue weighted by Gasteiger charge is -2.41. The van der Waals surface area contributed by atoms with Gasteiger partial charge in [0.05, 0.1) is 0 Å². The van der Waals surface area contributed by atoms with E-state index in [9.17, 15) is 0 Å². The topological polar surface area (TPSA) is 18.8 Å². The molecule has 0 aromatic carbocycles. The highest BCUT2D eigenvalue weighted by Crippen LogP contribution is 2.26. The highest BCUT2D eigenvalue weighted by molar-refractivity contribution is 5.80. The summed E-state index contributed by atoms with van der Waals surface area (Å²) in [4.78, 5) is 9.98. The number of aliphatic imine (C=N–C) groups is 1. The third kappa shape index (κ3) is 4.62. The molecule has 2 rings (SSSR count). The normalized spacial score (nSPS) is 21.4. The van der Waals surface area contributed by atoms with Crippen molar-refractivity contribution < 1.29 is 0 Å². The van der Waals surface area contributed by atoms with Gasteiger partial charge in [-0.1, -0.05) is 38.5 Å². The van der Waals surface area contributed by atoms with Gasteiger partial charge in [-0.2, -0.15) is 0 Å². The lowest BCUT2D eigenvalue weighted by atomic mass is 9.93. The van der Waals surface area contributed by atoms with Crippen molar-refractivity contribution in [2.45, 2.75) is 96.2 Å². The molecule has 0 aromatic heterocycles. The number of guanidine groups is 1. The van der Waals surface area contributed by atoms with E-state index in [1.165, 1.54) is 70.2 Å². The summed E-state index contributed by atoms with van der Waals surface area (Å²) in [6, 6.07) is 1.77. The molecule has 0 atom stereocenters. The van der Waals surface area contributed by atoms with E-state index in [1.807, 2.05) is 0 Å². The van der Waals surface area contributed by atoms with Gasteiger partial charge in [0.1, 0.15) is 0 Å². The quantitative estimate of drug-likeness (QED) is 0.571. The van der Waals surface area contributed by atoms with E-state index >= 15 is 0 Å². The van der Waals surface area contributed by atoms with Crippen LogP contribution in [0.1, 0.15) is 78.1 Å². The first-order chi connectivity index (χ1) is 10.1. The molecular formula is C18H35N3. The van der Waals surface area contributed by atoms with Gasteiger partial charge in [-0.3, -0.25) is 4.99 Å². The van der Waals surface area contributed by atoms with Crippen LogP contribution in [0, 0.1) is 0 Å². The Balaban J connectivity index is 2.08. The Bertz CT molecular complexity index is 299. The minimum Gasteiger partial charge on any atom is -0.343 e. The fourth-order valence-corrected chi connectivity index (χ4v) is 3.93. The summed E-state index contributed by atoms with van der Waals surface area (Å²) >= 11 is 0. The maximum atomic E-state index is 5.00. The molecule has 2 aliphatic rings. The Morgan fingerprint density at radius 3 is 1.48 bits per heavy atom. The van der Waals surface area contributed by atoms with Gasteiger partial charge < -0.3 is 9.80 Å². The second-order valence-corrected chi connectivity index (χ2v) is 7.33. The zero-order valence-corrected chi connectivity index (χ0v) is 14.6. The van der Waals surface area contributed by atoms with Crippen molar-refractivity contribution in [3.8, 4) is 0 Å². The molecule has 3 nitrogen and oxygen atoms in total. The van der Waals surface area contributed by atoms with Crippen LogP contribution in [0.5, 0.6) is 0 Å². The molecule has 0 amide bonds. The van der Waals surface area contributed by atoms with Crippen molar-refractivity contribution in [3.05, 3.63) is 0 Å². The Hall–Kier alpha value is -0.730. The molecule has 0 aromatic rings. The van der Waals surface area contributed by atoms with Crippen molar-refractivity contribution in [3.63, 3.8) is 0 Å². The van der Waals surface area contributed by atoms with Crippen LogP contribution in [0.15, 0.2) is 4.99 Å². The first-order valence-corrected chi connectivity index (χ1v) is 9.13. The first-order valence-electron chi connectivity index (χ1n) is 9.13. The van der Waals surface area contributed by atoms with E-state index < -0.39 is 0 Å². The van der Waals surface area contributed by atoms with Crippen LogP contribution in [-0.2, 0) is 0 Å². The third-order valence-corrected chi connectivity index (χ3v) is 5.25. The predicted octanol–water partition coefficient (Wildman–Crippen LogP) is 4.28. The van der Waals surface area contributed by atoms with Gasteiger partial charge in [0.2, 0.25) is 0 Å². The van der Waals surface area contributed by atoms with E-state index in [0.717, 1.165) is 0 Å². The minimum atomic E-state index is 0.372. The summed E-state index contributed by atoms with van der Waals surface area (Å²) < 4.78 is 0. The molecule has 2 fully saturated rings. The number of rotatable bonds is 3. The standard InChI is InChI=1S/C18H35N3/c1-15(2)19-18(20(3)16-11-7-5-8-12-16)21(4)17-13-9-6-10-14-17/h15-17H,5-14H2,1-4H3. The monoisotopic (exact) mass is 293 g/mol. The molecule has 0 unspecified atom stereocenters. The summed E-state index contributed by atoms with van der Waals surface area (Å²) in [6.45, 7) is 4.40. The van der Waals surface area contributed by atoms with Gasteiger partial charge in [0.15, 0.2) is 5.96 Å². The maximum Gasteiger partial charge on any atom is 0.196 e. The van der Waals surface area contributed by atoms with Crippen LogP contribution < -0.4 is 0 Å². The summed E-state index contributed by atoms with van der Waals surface area (Å²) in [6.07, 6.45) is 13.7. The summed E-state index contributed by atoms with van der Waals surface area (Å²) in [5.74, 6) is 1.24. The average Bonchev–Trinajstić information content (AvgIpc) is 2.53. The van der Waals surface area contributed by atoms with Gasteiger partial charge >= 0.3 is 0 Å².